The first kappa shape index (κ1) is 21.5. The van der Waals surface area contributed by atoms with Crippen molar-refractivity contribution in [2.45, 2.75) is 26.7 Å². The number of aryl methyl sites for hydroxylation is 1. The predicted octanol–water partition coefficient (Wildman–Crippen LogP) is 4.69. The van der Waals surface area contributed by atoms with Crippen LogP contribution in [0.4, 0.5) is 4.39 Å². The van der Waals surface area contributed by atoms with Crippen molar-refractivity contribution in [1.82, 2.24) is 14.3 Å². The van der Waals surface area contributed by atoms with E-state index in [4.69, 9.17) is 4.74 Å². The standard InChI is InChI=1S/C24H24FN3O4/c1-12(2)22-21(23(29)13(3)24(30)31)16-10-18-14(11-26-27(18)4)8-19(16)28(22)15-6-7-17(25)20(9-15)32-5/h6-13H,1-5H3,(H,30,31). The van der Waals surface area contributed by atoms with Crippen molar-refractivity contribution < 1.29 is 23.8 Å². The number of ketones is 1. The summed E-state index contributed by atoms with van der Waals surface area (Å²) in [7, 11) is 3.20. The minimum atomic E-state index is -1.21. The number of Topliss-reactive ketones (excluding diaryl/α,β-unsaturated/α-hetero) is 1. The minimum Gasteiger partial charge on any atom is -0.494 e. The van der Waals surface area contributed by atoms with Crippen LogP contribution in [0.2, 0.25) is 0 Å². The minimum absolute atomic E-state index is 0.0771. The van der Waals surface area contributed by atoms with Crippen LogP contribution in [0.5, 0.6) is 5.75 Å². The third-order valence-corrected chi connectivity index (χ3v) is 5.82. The van der Waals surface area contributed by atoms with E-state index in [2.05, 4.69) is 5.10 Å². The first-order valence-electron chi connectivity index (χ1n) is 10.3. The summed E-state index contributed by atoms with van der Waals surface area (Å²) in [6.45, 7) is 5.27. The summed E-state index contributed by atoms with van der Waals surface area (Å²) in [6, 6.07) is 8.28. The lowest BCUT2D eigenvalue weighted by atomic mass is 9.93. The number of hydrogen-bond acceptors (Lipinski definition) is 4. The number of carbonyl (C=O) groups is 2. The summed E-state index contributed by atoms with van der Waals surface area (Å²) in [5.41, 5.74) is 3.16. The number of aromatic nitrogens is 3. The smallest absolute Gasteiger partial charge is 0.314 e. The SMILES string of the molecule is COc1cc(-n2c(C(C)C)c(C(=O)C(C)C(=O)O)c3cc4c(cnn4C)cc32)ccc1F. The average molecular weight is 437 g/mol. The summed E-state index contributed by atoms with van der Waals surface area (Å²) in [5.74, 6) is -3.41. The lowest BCUT2D eigenvalue weighted by molar-refractivity contribution is -0.139. The van der Waals surface area contributed by atoms with Crippen LogP contribution in [-0.4, -0.2) is 38.3 Å². The predicted molar refractivity (Wildman–Crippen MR) is 119 cm³/mol. The number of nitrogens with zero attached hydrogens (tertiary/aromatic N) is 3. The average Bonchev–Trinajstić information content (AvgIpc) is 3.29. The Hall–Kier alpha value is -3.68. The number of aliphatic carboxylic acids is 1. The monoisotopic (exact) mass is 437 g/mol. The number of carboxylic acid groups (broad SMARTS) is 1. The Kier molecular flexibility index (Phi) is 5.24. The largest absolute Gasteiger partial charge is 0.494 e. The first-order chi connectivity index (χ1) is 15.1. The molecular formula is C24H24FN3O4. The highest BCUT2D eigenvalue weighted by molar-refractivity contribution is 6.17. The molecule has 2 aromatic heterocycles. The Morgan fingerprint density at radius 3 is 2.47 bits per heavy atom. The molecule has 8 heteroatoms. The molecule has 1 atom stereocenters. The molecule has 0 aliphatic heterocycles. The second-order valence-corrected chi connectivity index (χ2v) is 8.19. The van der Waals surface area contributed by atoms with Gasteiger partial charge in [-0.05, 0) is 37.1 Å². The van der Waals surface area contributed by atoms with Crippen molar-refractivity contribution in [3.05, 3.63) is 53.6 Å². The summed E-state index contributed by atoms with van der Waals surface area (Å²) in [6.07, 6.45) is 1.73. The van der Waals surface area contributed by atoms with Crippen molar-refractivity contribution in [2.24, 2.45) is 13.0 Å². The molecule has 0 radical (unpaired) electrons. The molecule has 0 spiro atoms. The quantitative estimate of drug-likeness (QED) is 0.349. The number of fused-ring (bicyclic) bond motifs is 2. The van der Waals surface area contributed by atoms with Gasteiger partial charge in [0, 0.05) is 40.8 Å². The molecule has 1 N–H and O–H groups in total. The molecule has 0 amide bonds. The number of methoxy groups -OCH3 is 1. The highest BCUT2D eigenvalue weighted by atomic mass is 19.1. The van der Waals surface area contributed by atoms with Gasteiger partial charge in [-0.15, -0.1) is 0 Å². The van der Waals surface area contributed by atoms with Gasteiger partial charge in [0.05, 0.1) is 24.3 Å². The van der Waals surface area contributed by atoms with Crippen LogP contribution in [0, 0.1) is 11.7 Å². The molecule has 0 saturated heterocycles. The van der Waals surface area contributed by atoms with Crippen LogP contribution in [0.1, 0.15) is 42.7 Å². The summed E-state index contributed by atoms with van der Waals surface area (Å²) < 4.78 is 22.9. The van der Waals surface area contributed by atoms with E-state index in [0.717, 1.165) is 10.9 Å². The molecule has 2 heterocycles. The summed E-state index contributed by atoms with van der Waals surface area (Å²) >= 11 is 0. The van der Waals surface area contributed by atoms with Gasteiger partial charge in [0.25, 0.3) is 0 Å². The zero-order chi connectivity index (χ0) is 23.3. The van der Waals surface area contributed by atoms with Gasteiger partial charge in [0.1, 0.15) is 5.92 Å². The Morgan fingerprint density at radius 1 is 1.12 bits per heavy atom. The number of benzene rings is 2. The van der Waals surface area contributed by atoms with E-state index < -0.39 is 23.5 Å². The lowest BCUT2D eigenvalue weighted by Gasteiger charge is -2.17. The molecule has 0 bridgehead atoms. The fraction of sp³-hybridized carbons (Fsp3) is 0.292. The maximum absolute atomic E-state index is 14.1. The third-order valence-electron chi connectivity index (χ3n) is 5.82. The maximum Gasteiger partial charge on any atom is 0.314 e. The van der Waals surface area contributed by atoms with E-state index in [1.165, 1.54) is 20.1 Å². The number of carbonyl (C=O) groups excluding carboxylic acids is 1. The van der Waals surface area contributed by atoms with Crippen LogP contribution < -0.4 is 4.74 Å². The molecule has 166 valence electrons. The third kappa shape index (κ3) is 3.23. The highest BCUT2D eigenvalue weighted by Crippen LogP contribution is 2.38. The molecule has 0 aliphatic rings. The van der Waals surface area contributed by atoms with Gasteiger partial charge >= 0.3 is 5.97 Å². The number of halogens is 1. The summed E-state index contributed by atoms with van der Waals surface area (Å²) in [5, 5.41) is 15.3. The fourth-order valence-electron chi connectivity index (χ4n) is 4.15. The molecule has 32 heavy (non-hydrogen) atoms. The Labute approximate surface area is 184 Å². The van der Waals surface area contributed by atoms with E-state index in [0.29, 0.717) is 27.8 Å². The van der Waals surface area contributed by atoms with Crippen molar-refractivity contribution in [3.8, 4) is 11.4 Å². The Balaban J connectivity index is 2.17. The van der Waals surface area contributed by atoms with Gasteiger partial charge in [-0.3, -0.25) is 14.3 Å². The second kappa shape index (κ2) is 7.78. The second-order valence-electron chi connectivity index (χ2n) is 8.19. The molecule has 4 rings (SSSR count). The maximum atomic E-state index is 14.1. The van der Waals surface area contributed by atoms with Crippen molar-refractivity contribution >= 4 is 33.6 Å². The van der Waals surface area contributed by atoms with Crippen LogP contribution in [0.3, 0.4) is 0 Å². The van der Waals surface area contributed by atoms with Gasteiger partial charge < -0.3 is 14.4 Å². The molecule has 7 nitrogen and oxygen atoms in total. The van der Waals surface area contributed by atoms with Gasteiger partial charge in [-0.1, -0.05) is 13.8 Å². The number of carboxylic acids is 1. The highest BCUT2D eigenvalue weighted by Gasteiger charge is 2.31. The molecule has 2 aromatic carbocycles. The lowest BCUT2D eigenvalue weighted by Crippen LogP contribution is -2.22. The van der Waals surface area contributed by atoms with Crippen LogP contribution in [0.25, 0.3) is 27.5 Å². The molecular weight excluding hydrogens is 413 g/mol. The normalized spacial score (nSPS) is 12.6. The number of ether oxygens (including phenoxy) is 1. The van der Waals surface area contributed by atoms with Crippen LogP contribution >= 0.6 is 0 Å². The summed E-state index contributed by atoms with van der Waals surface area (Å²) in [4.78, 5) is 25.1. The Bertz CT molecular complexity index is 1380. The molecule has 4 aromatic rings. The zero-order valence-corrected chi connectivity index (χ0v) is 18.5. The van der Waals surface area contributed by atoms with Gasteiger partial charge in [0.15, 0.2) is 17.3 Å². The number of rotatable bonds is 6. The van der Waals surface area contributed by atoms with Crippen molar-refractivity contribution in [1.29, 1.82) is 0 Å². The fourth-order valence-corrected chi connectivity index (χ4v) is 4.15. The zero-order valence-electron chi connectivity index (χ0n) is 18.5. The van der Waals surface area contributed by atoms with E-state index in [1.54, 1.807) is 30.1 Å². The molecule has 0 saturated carbocycles. The van der Waals surface area contributed by atoms with E-state index in [-0.39, 0.29) is 11.7 Å². The van der Waals surface area contributed by atoms with Crippen molar-refractivity contribution in [3.63, 3.8) is 0 Å². The van der Waals surface area contributed by atoms with E-state index in [9.17, 15) is 19.1 Å². The van der Waals surface area contributed by atoms with Crippen LogP contribution in [0.15, 0.2) is 36.5 Å². The van der Waals surface area contributed by atoms with Gasteiger partial charge in [-0.2, -0.15) is 5.10 Å². The van der Waals surface area contributed by atoms with E-state index in [1.807, 2.05) is 30.5 Å². The van der Waals surface area contributed by atoms with Gasteiger partial charge in [0.2, 0.25) is 0 Å². The Morgan fingerprint density at radius 2 is 1.84 bits per heavy atom. The first-order valence-corrected chi connectivity index (χ1v) is 10.3. The van der Waals surface area contributed by atoms with Crippen molar-refractivity contribution in [2.75, 3.05) is 7.11 Å². The molecule has 0 aliphatic carbocycles. The molecule has 0 fully saturated rings. The number of hydrogen-bond donors (Lipinski definition) is 1. The molecule has 1 unspecified atom stereocenters. The van der Waals surface area contributed by atoms with E-state index >= 15 is 0 Å². The van der Waals surface area contributed by atoms with Gasteiger partial charge in [-0.25, -0.2) is 4.39 Å². The topological polar surface area (TPSA) is 86.3 Å². The van der Waals surface area contributed by atoms with Crippen LogP contribution in [-0.2, 0) is 11.8 Å².